The molecule has 0 aromatic carbocycles. The third kappa shape index (κ3) is 1.29. The fourth-order valence-electron chi connectivity index (χ4n) is 8.51. The maximum absolute atomic E-state index is 13.4. The van der Waals surface area contributed by atoms with Gasteiger partial charge in [0.05, 0.1) is 30.8 Å². The van der Waals surface area contributed by atoms with E-state index in [1.165, 1.54) is 0 Å². The molecule has 11 atom stereocenters. The third-order valence-corrected chi connectivity index (χ3v) is 8.98. The van der Waals surface area contributed by atoms with Crippen LogP contribution in [0, 0.1) is 28.1 Å². The summed E-state index contributed by atoms with van der Waals surface area (Å²) in [6.07, 6.45) is -4.44. The molecule has 4 heterocycles. The van der Waals surface area contributed by atoms with Gasteiger partial charge in [0.15, 0.2) is 6.29 Å². The number of fused-ring (bicyclic) bond motifs is 1. The number of carbonyl (C=O) groups is 1. The predicted molar refractivity (Wildman–Crippen MR) is 91.7 cm³/mol. The third-order valence-electron chi connectivity index (χ3n) is 8.98. The Morgan fingerprint density at radius 2 is 1.86 bits per heavy atom. The van der Waals surface area contributed by atoms with Gasteiger partial charge in [-0.1, -0.05) is 27.7 Å². The van der Waals surface area contributed by atoms with Gasteiger partial charge in [-0.25, -0.2) is 4.79 Å². The van der Waals surface area contributed by atoms with E-state index in [0.717, 1.165) is 0 Å². The molecule has 3 N–H and O–H groups in total. The number of esters is 1. The summed E-state index contributed by atoms with van der Waals surface area (Å²) in [4.78, 5) is 13.4. The van der Waals surface area contributed by atoms with Gasteiger partial charge < -0.3 is 34.3 Å². The first-order chi connectivity index (χ1) is 13.0. The van der Waals surface area contributed by atoms with Crippen LogP contribution >= 0.6 is 0 Å². The molecular weight excluding hydrogens is 368 g/mol. The Bertz CT molecular complexity index is 779. The molecule has 8 nitrogen and oxygen atoms in total. The number of aliphatic hydroxyl groups excluding tert-OH is 2. The first-order valence-electron chi connectivity index (χ1n) is 10.2. The molecule has 4 saturated heterocycles. The summed E-state index contributed by atoms with van der Waals surface area (Å²) in [6, 6.07) is 0. The second-order valence-corrected chi connectivity index (χ2v) is 10.7. The second kappa shape index (κ2) is 4.60. The first kappa shape index (κ1) is 18.0. The number of rotatable bonds is 0. The van der Waals surface area contributed by atoms with E-state index >= 15 is 0 Å². The lowest BCUT2D eigenvalue weighted by Gasteiger charge is -2.47. The van der Waals surface area contributed by atoms with Gasteiger partial charge >= 0.3 is 5.97 Å². The van der Waals surface area contributed by atoms with Gasteiger partial charge in [0.1, 0.15) is 17.8 Å². The van der Waals surface area contributed by atoms with Gasteiger partial charge in [-0.3, -0.25) is 0 Å². The van der Waals surface area contributed by atoms with Crippen molar-refractivity contribution in [2.75, 3.05) is 13.2 Å². The van der Waals surface area contributed by atoms with E-state index in [4.69, 9.17) is 18.9 Å². The van der Waals surface area contributed by atoms with Gasteiger partial charge in [-0.05, 0) is 11.8 Å². The zero-order valence-corrected chi connectivity index (χ0v) is 16.5. The molecule has 2 spiro atoms. The highest BCUT2D eigenvalue weighted by Crippen LogP contribution is 2.84. The number of hydrogen-bond acceptors (Lipinski definition) is 8. The lowest BCUT2D eigenvalue weighted by atomic mass is 9.52. The maximum atomic E-state index is 13.4. The van der Waals surface area contributed by atoms with Gasteiger partial charge in [-0.15, -0.1) is 0 Å². The summed E-state index contributed by atoms with van der Waals surface area (Å²) in [5.41, 5.74) is -6.10. The van der Waals surface area contributed by atoms with Crippen LogP contribution in [0.5, 0.6) is 0 Å². The van der Waals surface area contributed by atoms with E-state index in [1.807, 2.05) is 20.8 Å². The van der Waals surface area contributed by atoms with Gasteiger partial charge in [0.2, 0.25) is 5.60 Å². The highest BCUT2D eigenvalue weighted by molar-refractivity contribution is 5.89. The quantitative estimate of drug-likeness (QED) is 0.473. The van der Waals surface area contributed by atoms with Crippen molar-refractivity contribution in [3.8, 4) is 0 Å². The monoisotopic (exact) mass is 396 g/mol. The maximum Gasteiger partial charge on any atom is 0.342 e. The van der Waals surface area contributed by atoms with Gasteiger partial charge in [-0.2, -0.15) is 0 Å². The Labute approximate surface area is 163 Å². The summed E-state index contributed by atoms with van der Waals surface area (Å²) in [5.74, 6) is -1.51. The summed E-state index contributed by atoms with van der Waals surface area (Å²) >= 11 is 0. The van der Waals surface area contributed by atoms with Crippen molar-refractivity contribution in [3.63, 3.8) is 0 Å². The SMILES string of the molecule is C[C@@H]1COC2C(O)C34C5OC(=O)C3(OC3OCCC34[C@H](C(C)(C)C)[C@H]5O)[C@]21O. The lowest BCUT2D eigenvalue weighted by molar-refractivity contribution is -0.241. The van der Waals surface area contributed by atoms with Gasteiger partial charge in [0.25, 0.3) is 0 Å². The Kier molecular flexibility index (Phi) is 2.96. The van der Waals surface area contributed by atoms with Crippen LogP contribution in [0.1, 0.15) is 34.1 Å². The first-order valence-corrected chi connectivity index (χ1v) is 10.2. The van der Waals surface area contributed by atoms with Crippen molar-refractivity contribution in [3.05, 3.63) is 0 Å². The molecule has 2 saturated carbocycles. The molecule has 0 amide bonds. The molecule has 0 bridgehead atoms. The number of aliphatic hydroxyl groups is 3. The molecule has 7 unspecified atom stereocenters. The predicted octanol–water partition coefficient (Wildman–Crippen LogP) is -0.423. The Morgan fingerprint density at radius 3 is 2.54 bits per heavy atom. The summed E-state index contributed by atoms with van der Waals surface area (Å²) in [6.45, 7) is 8.48. The van der Waals surface area contributed by atoms with E-state index in [0.29, 0.717) is 13.0 Å². The summed E-state index contributed by atoms with van der Waals surface area (Å²) < 4.78 is 23.9. The zero-order valence-electron chi connectivity index (χ0n) is 16.5. The zero-order chi connectivity index (χ0) is 20.1. The molecule has 6 rings (SSSR count). The van der Waals surface area contributed by atoms with Crippen LogP contribution in [0.2, 0.25) is 0 Å². The van der Waals surface area contributed by atoms with Crippen LogP contribution in [0.4, 0.5) is 0 Å². The molecule has 2 aliphatic carbocycles. The average molecular weight is 396 g/mol. The second-order valence-electron chi connectivity index (χ2n) is 10.7. The van der Waals surface area contributed by atoms with Crippen LogP contribution in [0.3, 0.4) is 0 Å². The molecule has 28 heavy (non-hydrogen) atoms. The largest absolute Gasteiger partial charge is 0.456 e. The fraction of sp³-hybridized carbons (Fsp3) is 0.950. The number of ether oxygens (including phenoxy) is 4. The lowest BCUT2D eigenvalue weighted by Crippen LogP contribution is -2.65. The van der Waals surface area contributed by atoms with Crippen molar-refractivity contribution < 1.29 is 39.1 Å². The van der Waals surface area contributed by atoms with E-state index in [-0.39, 0.29) is 17.9 Å². The Hall–Kier alpha value is -0.770. The molecule has 6 fully saturated rings. The van der Waals surface area contributed by atoms with Crippen molar-refractivity contribution in [1.29, 1.82) is 0 Å². The van der Waals surface area contributed by atoms with Crippen molar-refractivity contribution in [2.45, 2.75) is 76.0 Å². The number of hydrogen-bond donors (Lipinski definition) is 3. The molecule has 8 heteroatoms. The highest BCUT2D eigenvalue weighted by Gasteiger charge is 3.02. The number of carbonyl (C=O) groups excluding carboxylic acids is 1. The van der Waals surface area contributed by atoms with E-state index in [9.17, 15) is 20.1 Å². The smallest absolute Gasteiger partial charge is 0.342 e. The topological polar surface area (TPSA) is 115 Å². The van der Waals surface area contributed by atoms with Crippen LogP contribution < -0.4 is 0 Å². The van der Waals surface area contributed by atoms with Crippen LogP contribution in [0.15, 0.2) is 0 Å². The van der Waals surface area contributed by atoms with Crippen LogP contribution in [-0.2, 0) is 23.7 Å². The molecule has 4 aliphatic heterocycles. The normalized spacial score (nSPS) is 64.0. The van der Waals surface area contributed by atoms with Crippen molar-refractivity contribution in [2.24, 2.45) is 28.1 Å². The average Bonchev–Trinajstić information content (AvgIpc) is 3.31. The fourth-order valence-corrected chi connectivity index (χ4v) is 8.51. The summed E-state index contributed by atoms with van der Waals surface area (Å²) in [7, 11) is 0. The van der Waals surface area contributed by atoms with E-state index < -0.39 is 64.6 Å². The highest BCUT2D eigenvalue weighted by atomic mass is 16.7. The van der Waals surface area contributed by atoms with E-state index in [1.54, 1.807) is 6.92 Å². The Morgan fingerprint density at radius 1 is 1.14 bits per heavy atom. The van der Waals surface area contributed by atoms with Crippen molar-refractivity contribution in [1.82, 2.24) is 0 Å². The standard InChI is InChI=1S/C20H28O8/c1-8-7-26-13-11(22)18-12-9(21)10(16(2,3)4)17(18)5-6-25-15(17)28-20(18,14(23)27-12)19(8,13)24/h8-13,15,21-22,24H,5-7H2,1-4H3/t8-,9-,10+,11?,12?,13?,15?,17?,18?,19-,20?/m1/s1. The molecule has 0 radical (unpaired) electrons. The molecule has 0 aromatic heterocycles. The molecule has 0 aromatic rings. The summed E-state index contributed by atoms with van der Waals surface area (Å²) in [5, 5.41) is 35.0. The molecule has 6 aliphatic rings. The van der Waals surface area contributed by atoms with Crippen molar-refractivity contribution >= 4 is 5.97 Å². The van der Waals surface area contributed by atoms with E-state index in [2.05, 4.69) is 0 Å². The minimum Gasteiger partial charge on any atom is -0.456 e. The van der Waals surface area contributed by atoms with Gasteiger partial charge in [0, 0.05) is 17.3 Å². The van der Waals surface area contributed by atoms with Crippen LogP contribution in [0.25, 0.3) is 0 Å². The minimum absolute atomic E-state index is 0.209. The van der Waals surface area contributed by atoms with Crippen LogP contribution in [-0.4, -0.2) is 76.4 Å². The minimum atomic E-state index is -1.81. The molecular formula is C20H28O8. The Balaban J connectivity index is 1.71. The molecule has 156 valence electrons.